The van der Waals surface area contributed by atoms with E-state index in [-0.39, 0.29) is 0 Å². The van der Waals surface area contributed by atoms with Crippen molar-refractivity contribution in [1.82, 2.24) is 20.5 Å². The number of piperazine rings is 1. The number of pyridine rings is 1. The molecule has 0 radical (unpaired) electrons. The minimum Gasteiger partial charge on any atom is -0.368 e. The van der Waals surface area contributed by atoms with E-state index >= 15 is 0 Å². The van der Waals surface area contributed by atoms with Crippen molar-refractivity contribution in [3.63, 3.8) is 0 Å². The Bertz CT molecular complexity index is 622. The summed E-state index contributed by atoms with van der Waals surface area (Å²) >= 11 is 0. The van der Waals surface area contributed by atoms with Crippen LogP contribution in [0.15, 0.2) is 6.20 Å². The highest BCUT2D eigenvalue weighted by molar-refractivity contribution is 5.94. The first kappa shape index (κ1) is 12.1. The van der Waals surface area contributed by atoms with Gasteiger partial charge in [0.25, 0.3) is 0 Å². The van der Waals surface area contributed by atoms with Gasteiger partial charge >= 0.3 is 0 Å². The molecular weight excluding hydrogens is 250 g/mol. The molecule has 0 aromatic carbocycles. The summed E-state index contributed by atoms with van der Waals surface area (Å²) in [6, 6.07) is 0. The molecule has 106 valence electrons. The van der Waals surface area contributed by atoms with Gasteiger partial charge in [-0.25, -0.2) is 4.98 Å². The lowest BCUT2D eigenvalue weighted by Crippen LogP contribution is -2.44. The van der Waals surface area contributed by atoms with Crippen LogP contribution < -0.4 is 10.2 Å². The summed E-state index contributed by atoms with van der Waals surface area (Å²) in [4.78, 5) is 7.14. The van der Waals surface area contributed by atoms with Crippen LogP contribution in [0, 0.1) is 0 Å². The number of nitrogens with one attached hydrogen (secondary N) is 2. The molecule has 0 bridgehead atoms. The molecule has 1 aliphatic heterocycles. The Hall–Kier alpha value is -1.62. The molecule has 2 N–H and O–H groups in total. The average molecular weight is 271 g/mol. The predicted molar refractivity (Wildman–Crippen MR) is 80.3 cm³/mol. The molecule has 5 heteroatoms. The minimum atomic E-state index is 0.719. The number of rotatable bonds is 3. The first-order valence-corrected chi connectivity index (χ1v) is 7.70. The van der Waals surface area contributed by atoms with Crippen LogP contribution in [0.1, 0.15) is 36.9 Å². The average Bonchev–Trinajstić information content (AvgIpc) is 3.26. The number of hydrogen-bond acceptors (Lipinski definition) is 4. The molecule has 3 heterocycles. The van der Waals surface area contributed by atoms with Crippen LogP contribution in [0.5, 0.6) is 0 Å². The van der Waals surface area contributed by atoms with Gasteiger partial charge in [0.2, 0.25) is 0 Å². The number of H-pyrrole nitrogens is 1. The highest BCUT2D eigenvalue weighted by atomic mass is 15.2. The number of aromatic amines is 1. The van der Waals surface area contributed by atoms with Gasteiger partial charge in [-0.15, -0.1) is 0 Å². The molecule has 2 aromatic heterocycles. The summed E-state index contributed by atoms with van der Waals surface area (Å²) in [6.07, 6.45) is 5.65. The highest BCUT2D eigenvalue weighted by Crippen LogP contribution is 2.46. The normalized spacial score (nSPS) is 19.8. The van der Waals surface area contributed by atoms with Gasteiger partial charge in [-0.1, -0.05) is 6.92 Å². The fraction of sp³-hybridized carbons (Fsp3) is 0.600. The fourth-order valence-corrected chi connectivity index (χ4v) is 3.23. The SMILES string of the molecule is CCc1n[nH]c2ncc(C3CC3)c(N3CCNCC3)c12. The van der Waals surface area contributed by atoms with E-state index in [0.29, 0.717) is 0 Å². The molecular formula is C15H21N5. The van der Waals surface area contributed by atoms with Crippen LogP contribution in [-0.2, 0) is 6.42 Å². The van der Waals surface area contributed by atoms with Crippen LogP contribution in [0.4, 0.5) is 5.69 Å². The van der Waals surface area contributed by atoms with Crippen LogP contribution in [0.25, 0.3) is 11.0 Å². The summed E-state index contributed by atoms with van der Waals surface area (Å²) in [7, 11) is 0. The van der Waals surface area contributed by atoms with Crippen molar-refractivity contribution in [2.45, 2.75) is 32.1 Å². The Morgan fingerprint density at radius 3 is 2.80 bits per heavy atom. The third kappa shape index (κ3) is 1.88. The number of anilines is 1. The molecule has 0 amide bonds. The predicted octanol–water partition coefficient (Wildman–Crippen LogP) is 1.81. The summed E-state index contributed by atoms with van der Waals surface area (Å²) in [5.41, 5.74) is 4.95. The molecule has 0 spiro atoms. The lowest BCUT2D eigenvalue weighted by Gasteiger charge is -2.31. The van der Waals surface area contributed by atoms with Crippen molar-refractivity contribution in [2.75, 3.05) is 31.1 Å². The van der Waals surface area contributed by atoms with E-state index < -0.39 is 0 Å². The molecule has 2 aromatic rings. The van der Waals surface area contributed by atoms with E-state index in [9.17, 15) is 0 Å². The zero-order valence-electron chi connectivity index (χ0n) is 11.9. The van der Waals surface area contributed by atoms with E-state index in [1.165, 1.54) is 29.5 Å². The second kappa shape index (κ2) is 4.74. The van der Waals surface area contributed by atoms with Crippen LogP contribution >= 0.6 is 0 Å². The molecule has 0 unspecified atom stereocenters. The second-order valence-corrected chi connectivity index (χ2v) is 5.82. The van der Waals surface area contributed by atoms with Gasteiger partial charge in [0.15, 0.2) is 5.65 Å². The summed E-state index contributed by atoms with van der Waals surface area (Å²) in [5, 5.41) is 12.3. The van der Waals surface area contributed by atoms with Crippen molar-refractivity contribution in [3.05, 3.63) is 17.5 Å². The first-order valence-electron chi connectivity index (χ1n) is 7.70. The maximum atomic E-state index is 4.61. The quantitative estimate of drug-likeness (QED) is 0.894. The van der Waals surface area contributed by atoms with Crippen LogP contribution in [-0.4, -0.2) is 41.4 Å². The van der Waals surface area contributed by atoms with Crippen molar-refractivity contribution in [3.8, 4) is 0 Å². The molecule has 2 fully saturated rings. The van der Waals surface area contributed by atoms with Crippen LogP contribution in [0.2, 0.25) is 0 Å². The standard InChI is InChI=1S/C15H21N5/c1-2-12-13-14(20-7-5-16-6-8-20)11(10-3-4-10)9-17-15(13)19-18-12/h9-10,16H,2-8H2,1H3,(H,17,18,19). The molecule has 5 nitrogen and oxygen atoms in total. The molecule has 0 atom stereocenters. The number of aromatic nitrogens is 3. The van der Waals surface area contributed by atoms with Gasteiger partial charge in [-0.05, 0) is 30.7 Å². The van der Waals surface area contributed by atoms with Crippen LogP contribution in [0.3, 0.4) is 0 Å². The van der Waals surface area contributed by atoms with Crippen molar-refractivity contribution in [1.29, 1.82) is 0 Å². The number of hydrogen-bond donors (Lipinski definition) is 2. The van der Waals surface area contributed by atoms with Crippen molar-refractivity contribution in [2.24, 2.45) is 0 Å². The van der Waals surface area contributed by atoms with E-state index in [0.717, 1.165) is 49.9 Å². The van der Waals surface area contributed by atoms with Gasteiger partial charge in [0.1, 0.15) is 0 Å². The molecule has 1 saturated heterocycles. The third-order valence-corrected chi connectivity index (χ3v) is 4.45. The fourth-order valence-electron chi connectivity index (χ4n) is 3.23. The highest BCUT2D eigenvalue weighted by Gasteiger charge is 2.31. The topological polar surface area (TPSA) is 56.8 Å². The van der Waals surface area contributed by atoms with E-state index in [1.54, 1.807) is 0 Å². The van der Waals surface area contributed by atoms with Gasteiger partial charge in [-0.3, -0.25) is 5.10 Å². The monoisotopic (exact) mass is 271 g/mol. The number of fused-ring (bicyclic) bond motifs is 1. The number of nitrogens with zero attached hydrogens (tertiary/aromatic N) is 3. The Kier molecular flexibility index (Phi) is 2.88. The lowest BCUT2D eigenvalue weighted by molar-refractivity contribution is 0.588. The maximum absolute atomic E-state index is 4.61. The lowest BCUT2D eigenvalue weighted by atomic mass is 10.0. The molecule has 1 aliphatic carbocycles. The summed E-state index contributed by atoms with van der Waals surface area (Å²) in [6.45, 7) is 6.45. The molecule has 2 aliphatic rings. The molecule has 4 rings (SSSR count). The van der Waals surface area contributed by atoms with Gasteiger partial charge in [0, 0.05) is 32.4 Å². The van der Waals surface area contributed by atoms with E-state index in [2.05, 4.69) is 38.5 Å². The second-order valence-electron chi connectivity index (χ2n) is 5.82. The maximum Gasteiger partial charge on any atom is 0.157 e. The Labute approximate surface area is 118 Å². The molecule has 1 saturated carbocycles. The van der Waals surface area contributed by atoms with Crippen molar-refractivity contribution >= 4 is 16.7 Å². The zero-order valence-corrected chi connectivity index (χ0v) is 11.9. The van der Waals surface area contributed by atoms with E-state index in [1.807, 2.05) is 0 Å². The molecule has 20 heavy (non-hydrogen) atoms. The number of aryl methyl sites for hydroxylation is 1. The largest absolute Gasteiger partial charge is 0.368 e. The van der Waals surface area contributed by atoms with E-state index in [4.69, 9.17) is 0 Å². The van der Waals surface area contributed by atoms with Gasteiger partial charge < -0.3 is 10.2 Å². The smallest absolute Gasteiger partial charge is 0.157 e. The Balaban J connectivity index is 1.92. The Morgan fingerprint density at radius 2 is 2.10 bits per heavy atom. The zero-order chi connectivity index (χ0) is 13.5. The summed E-state index contributed by atoms with van der Waals surface area (Å²) < 4.78 is 0. The summed E-state index contributed by atoms with van der Waals surface area (Å²) in [5.74, 6) is 0.719. The minimum absolute atomic E-state index is 0.719. The Morgan fingerprint density at radius 1 is 1.30 bits per heavy atom. The third-order valence-electron chi connectivity index (χ3n) is 4.45. The van der Waals surface area contributed by atoms with Crippen molar-refractivity contribution < 1.29 is 0 Å². The van der Waals surface area contributed by atoms with Gasteiger partial charge in [0.05, 0.1) is 16.8 Å². The van der Waals surface area contributed by atoms with Gasteiger partial charge in [-0.2, -0.15) is 5.10 Å². The first-order chi connectivity index (χ1) is 9.88.